The number of benzene rings is 2. The molecule has 1 aliphatic rings. The normalized spacial score (nSPS) is 13.9. The number of hydrogen-bond acceptors (Lipinski definition) is 3. The van der Waals surface area contributed by atoms with E-state index in [1.807, 2.05) is 36.4 Å². The van der Waals surface area contributed by atoms with Gasteiger partial charge in [0, 0.05) is 12.1 Å². The molecule has 2 aromatic rings. The molecule has 0 bridgehead atoms. The van der Waals surface area contributed by atoms with Crippen molar-refractivity contribution in [2.24, 2.45) is 0 Å². The molecule has 0 spiro atoms. The van der Waals surface area contributed by atoms with Crippen molar-refractivity contribution in [2.75, 3.05) is 13.7 Å². The lowest BCUT2D eigenvalue weighted by atomic mass is 10.1. The van der Waals surface area contributed by atoms with Gasteiger partial charge in [0.15, 0.2) is 0 Å². The molecular weight excluding hydrogens is 304 g/mol. The number of methoxy groups -OCH3 is 1. The third-order valence-electron chi connectivity index (χ3n) is 3.86. The molecule has 0 unspecified atom stereocenters. The van der Waals surface area contributed by atoms with E-state index >= 15 is 0 Å². The lowest BCUT2D eigenvalue weighted by molar-refractivity contribution is -0.124. The van der Waals surface area contributed by atoms with Gasteiger partial charge in [0.05, 0.1) is 13.7 Å². The highest BCUT2D eigenvalue weighted by Crippen LogP contribution is 2.22. The maximum absolute atomic E-state index is 11.8. The quantitative estimate of drug-likeness (QED) is 0.801. The maximum atomic E-state index is 11.8. The fourth-order valence-corrected chi connectivity index (χ4v) is 2.38. The SMILES string of the molecule is COc1ccc2cc(/C=C/C(=O)NCC(=O)NC3CC3)ccc2c1. The number of carbonyl (C=O) groups excluding carboxylic acids is 2. The van der Waals surface area contributed by atoms with Crippen molar-refractivity contribution in [2.45, 2.75) is 18.9 Å². The molecular formula is C19H20N2O3. The number of carbonyl (C=O) groups is 2. The standard InChI is InChI=1S/C19H20N2O3/c1-24-17-8-5-14-10-13(2-4-15(14)11-17)3-9-18(22)20-12-19(23)21-16-6-7-16/h2-5,8-11,16H,6-7,12H2,1H3,(H,20,22)(H,21,23)/b9-3+. The van der Waals surface area contributed by atoms with Gasteiger partial charge in [0.25, 0.3) is 0 Å². The zero-order valence-corrected chi connectivity index (χ0v) is 13.5. The second kappa shape index (κ2) is 7.17. The molecule has 2 aromatic carbocycles. The van der Waals surface area contributed by atoms with Crippen LogP contribution in [0, 0.1) is 0 Å². The Morgan fingerprint density at radius 1 is 1.17 bits per heavy atom. The van der Waals surface area contributed by atoms with Crippen LogP contribution in [0.15, 0.2) is 42.5 Å². The molecule has 124 valence electrons. The Labute approximate surface area is 140 Å². The Morgan fingerprint density at radius 3 is 2.67 bits per heavy atom. The fourth-order valence-electron chi connectivity index (χ4n) is 2.38. The zero-order chi connectivity index (χ0) is 16.9. The van der Waals surface area contributed by atoms with E-state index < -0.39 is 0 Å². The van der Waals surface area contributed by atoms with Gasteiger partial charge in [-0.1, -0.05) is 18.2 Å². The topological polar surface area (TPSA) is 67.4 Å². The maximum Gasteiger partial charge on any atom is 0.244 e. The molecule has 2 N–H and O–H groups in total. The van der Waals surface area contributed by atoms with E-state index in [0.717, 1.165) is 34.9 Å². The molecule has 24 heavy (non-hydrogen) atoms. The van der Waals surface area contributed by atoms with E-state index in [4.69, 9.17) is 4.74 Å². The minimum absolute atomic E-state index is 0.0111. The van der Waals surface area contributed by atoms with E-state index in [2.05, 4.69) is 10.6 Å². The summed E-state index contributed by atoms with van der Waals surface area (Å²) in [6.45, 7) is 0.0111. The molecule has 0 atom stereocenters. The summed E-state index contributed by atoms with van der Waals surface area (Å²) in [5.41, 5.74) is 0.922. The largest absolute Gasteiger partial charge is 0.497 e. The molecule has 0 radical (unpaired) electrons. The number of hydrogen-bond donors (Lipinski definition) is 2. The Morgan fingerprint density at radius 2 is 1.92 bits per heavy atom. The number of fused-ring (bicyclic) bond motifs is 1. The molecule has 1 aliphatic carbocycles. The van der Waals surface area contributed by atoms with Gasteiger partial charge in [0.2, 0.25) is 11.8 Å². The summed E-state index contributed by atoms with van der Waals surface area (Å²) in [5, 5.41) is 7.56. The van der Waals surface area contributed by atoms with Gasteiger partial charge < -0.3 is 15.4 Å². The van der Waals surface area contributed by atoms with E-state index in [-0.39, 0.29) is 18.4 Å². The van der Waals surface area contributed by atoms with Crippen LogP contribution in [0.4, 0.5) is 0 Å². The van der Waals surface area contributed by atoms with Crippen LogP contribution in [-0.2, 0) is 9.59 Å². The minimum Gasteiger partial charge on any atom is -0.497 e. The number of amides is 2. The molecule has 0 aromatic heterocycles. The van der Waals surface area contributed by atoms with Gasteiger partial charge in [-0.3, -0.25) is 9.59 Å². The molecule has 1 fully saturated rings. The molecule has 0 aliphatic heterocycles. The summed E-state index contributed by atoms with van der Waals surface area (Å²) >= 11 is 0. The van der Waals surface area contributed by atoms with Crippen LogP contribution >= 0.6 is 0 Å². The minimum atomic E-state index is -0.282. The van der Waals surface area contributed by atoms with Crippen LogP contribution in [0.2, 0.25) is 0 Å². The number of ether oxygens (including phenoxy) is 1. The summed E-state index contributed by atoms with van der Waals surface area (Å²) < 4.78 is 5.21. The first-order valence-electron chi connectivity index (χ1n) is 7.97. The smallest absolute Gasteiger partial charge is 0.244 e. The van der Waals surface area contributed by atoms with Crippen molar-refractivity contribution in [3.8, 4) is 5.75 Å². The van der Waals surface area contributed by atoms with Gasteiger partial charge in [-0.2, -0.15) is 0 Å². The third kappa shape index (κ3) is 4.35. The number of rotatable bonds is 6. The summed E-state index contributed by atoms with van der Waals surface area (Å²) in [4.78, 5) is 23.3. The number of nitrogens with one attached hydrogen (secondary N) is 2. The van der Waals surface area contributed by atoms with Gasteiger partial charge in [-0.15, -0.1) is 0 Å². The van der Waals surface area contributed by atoms with Gasteiger partial charge in [-0.25, -0.2) is 0 Å². The molecule has 2 amide bonds. The molecule has 5 nitrogen and oxygen atoms in total. The highest BCUT2D eigenvalue weighted by atomic mass is 16.5. The highest BCUT2D eigenvalue weighted by molar-refractivity contribution is 5.95. The summed E-state index contributed by atoms with van der Waals surface area (Å²) in [6.07, 6.45) is 5.24. The van der Waals surface area contributed by atoms with Crippen LogP contribution in [0.5, 0.6) is 5.75 Å². The lowest BCUT2D eigenvalue weighted by Crippen LogP contribution is -2.37. The van der Waals surface area contributed by atoms with Crippen LogP contribution in [0.3, 0.4) is 0 Å². The monoisotopic (exact) mass is 324 g/mol. The van der Waals surface area contributed by atoms with Gasteiger partial charge in [0.1, 0.15) is 5.75 Å². The average Bonchev–Trinajstić information content (AvgIpc) is 3.41. The lowest BCUT2D eigenvalue weighted by Gasteiger charge is -2.04. The van der Waals surface area contributed by atoms with Crippen LogP contribution in [-0.4, -0.2) is 31.5 Å². The molecule has 5 heteroatoms. The Kier molecular flexibility index (Phi) is 4.79. The van der Waals surface area contributed by atoms with Crippen molar-refractivity contribution in [1.82, 2.24) is 10.6 Å². The predicted octanol–water partition coefficient (Wildman–Crippen LogP) is 2.26. The average molecular weight is 324 g/mol. The predicted molar refractivity (Wildman–Crippen MR) is 93.7 cm³/mol. The van der Waals surface area contributed by atoms with Gasteiger partial charge in [-0.05, 0) is 53.5 Å². The molecule has 0 heterocycles. The van der Waals surface area contributed by atoms with E-state index in [9.17, 15) is 9.59 Å². The molecule has 1 saturated carbocycles. The van der Waals surface area contributed by atoms with Crippen LogP contribution in [0.1, 0.15) is 18.4 Å². The Bertz CT molecular complexity index is 794. The second-order valence-electron chi connectivity index (χ2n) is 5.87. The first-order valence-corrected chi connectivity index (χ1v) is 7.97. The van der Waals surface area contributed by atoms with Crippen LogP contribution in [0.25, 0.3) is 16.8 Å². The van der Waals surface area contributed by atoms with Crippen molar-refractivity contribution >= 4 is 28.7 Å². The first kappa shape index (κ1) is 16.1. The van der Waals surface area contributed by atoms with Crippen molar-refractivity contribution in [3.05, 3.63) is 48.0 Å². The molecule has 0 saturated heterocycles. The third-order valence-corrected chi connectivity index (χ3v) is 3.86. The fraction of sp³-hybridized carbons (Fsp3) is 0.263. The Hall–Kier alpha value is -2.82. The summed E-state index contributed by atoms with van der Waals surface area (Å²) in [5.74, 6) is 0.393. The highest BCUT2D eigenvalue weighted by Gasteiger charge is 2.22. The zero-order valence-electron chi connectivity index (χ0n) is 13.5. The van der Waals surface area contributed by atoms with E-state index in [1.165, 1.54) is 6.08 Å². The van der Waals surface area contributed by atoms with E-state index in [0.29, 0.717) is 6.04 Å². The van der Waals surface area contributed by atoms with Crippen LogP contribution < -0.4 is 15.4 Å². The van der Waals surface area contributed by atoms with E-state index in [1.54, 1.807) is 13.2 Å². The Balaban J connectivity index is 1.57. The van der Waals surface area contributed by atoms with Crippen molar-refractivity contribution in [3.63, 3.8) is 0 Å². The molecule has 3 rings (SSSR count). The summed E-state index contributed by atoms with van der Waals surface area (Å²) in [7, 11) is 1.64. The van der Waals surface area contributed by atoms with Gasteiger partial charge >= 0.3 is 0 Å². The second-order valence-corrected chi connectivity index (χ2v) is 5.87. The summed E-state index contributed by atoms with van der Waals surface area (Å²) in [6, 6.07) is 12.1. The first-order chi connectivity index (χ1) is 11.6. The van der Waals surface area contributed by atoms with Crippen molar-refractivity contribution in [1.29, 1.82) is 0 Å². The van der Waals surface area contributed by atoms with Crippen molar-refractivity contribution < 1.29 is 14.3 Å².